The van der Waals surface area contributed by atoms with Crippen LogP contribution in [0.1, 0.15) is 6.92 Å². The smallest absolute Gasteiger partial charge is 0.277 e. The molecule has 130 valence electrons. The molecule has 0 aliphatic carbocycles. The van der Waals surface area contributed by atoms with Crippen molar-refractivity contribution in [3.8, 4) is 11.5 Å². The number of amides is 1. The molecule has 7 heteroatoms. The van der Waals surface area contributed by atoms with Gasteiger partial charge in [-0.25, -0.2) is 0 Å². The molecule has 0 unspecified atom stereocenters. The van der Waals surface area contributed by atoms with E-state index < -0.39 is 0 Å². The highest BCUT2D eigenvalue weighted by atomic mass is 32.2. The number of carbonyl (C=O) groups is 1. The molecular formula is C19H16N4O2S. The van der Waals surface area contributed by atoms with E-state index in [2.05, 4.69) is 20.5 Å². The lowest BCUT2D eigenvalue weighted by Crippen LogP contribution is -2.22. The zero-order chi connectivity index (χ0) is 17.9. The molecule has 1 amide bonds. The fourth-order valence-electron chi connectivity index (χ4n) is 2.58. The molecule has 0 aliphatic rings. The summed E-state index contributed by atoms with van der Waals surface area (Å²) in [5, 5.41) is 12.1. The lowest BCUT2D eigenvalue weighted by molar-refractivity contribution is -0.115. The van der Waals surface area contributed by atoms with Crippen LogP contribution in [0.5, 0.6) is 0 Å². The van der Waals surface area contributed by atoms with Crippen LogP contribution in [-0.2, 0) is 4.79 Å². The third-order valence-corrected chi connectivity index (χ3v) is 4.85. The normalized spacial score (nSPS) is 12.2. The van der Waals surface area contributed by atoms with Gasteiger partial charge in [-0.3, -0.25) is 4.79 Å². The maximum absolute atomic E-state index is 12.3. The van der Waals surface area contributed by atoms with E-state index in [4.69, 9.17) is 4.42 Å². The number of nitrogens with zero attached hydrogens (tertiary/aromatic N) is 2. The first-order chi connectivity index (χ1) is 12.7. The Morgan fingerprint density at radius 1 is 1.12 bits per heavy atom. The highest BCUT2D eigenvalue weighted by molar-refractivity contribution is 8.00. The van der Waals surface area contributed by atoms with Crippen LogP contribution < -0.4 is 5.32 Å². The third-order valence-electron chi connectivity index (χ3n) is 3.91. The minimum Gasteiger partial charge on any atom is -0.411 e. The van der Waals surface area contributed by atoms with Crippen molar-refractivity contribution in [2.45, 2.75) is 17.4 Å². The number of H-pyrrole nitrogens is 1. The van der Waals surface area contributed by atoms with Crippen molar-refractivity contribution >= 4 is 34.3 Å². The summed E-state index contributed by atoms with van der Waals surface area (Å²) in [6, 6.07) is 17.2. The van der Waals surface area contributed by atoms with Gasteiger partial charge in [-0.15, -0.1) is 10.2 Å². The standard InChI is InChI=1S/C19H16N4O2S/c1-12(17(24)21-13-7-3-2-4-8-13)26-19-23-22-18(25-19)15-11-20-16-10-6-5-9-14(15)16/h2-12,20H,1H3,(H,21,24)/t12-/m1/s1. The average Bonchev–Trinajstić information content (AvgIpc) is 3.29. The zero-order valence-corrected chi connectivity index (χ0v) is 14.8. The molecule has 0 spiro atoms. The van der Waals surface area contributed by atoms with Gasteiger partial charge in [0, 0.05) is 22.8 Å². The van der Waals surface area contributed by atoms with Gasteiger partial charge >= 0.3 is 0 Å². The average molecular weight is 364 g/mol. The summed E-state index contributed by atoms with van der Waals surface area (Å²) in [6.07, 6.45) is 1.85. The molecular weight excluding hydrogens is 348 g/mol. The van der Waals surface area contributed by atoms with Crippen LogP contribution in [0.25, 0.3) is 22.4 Å². The molecule has 0 saturated carbocycles. The van der Waals surface area contributed by atoms with Gasteiger partial charge in [0.15, 0.2) is 0 Å². The minimum absolute atomic E-state index is 0.118. The number of hydrogen-bond donors (Lipinski definition) is 2. The van der Waals surface area contributed by atoms with E-state index in [9.17, 15) is 4.79 Å². The molecule has 6 nitrogen and oxygen atoms in total. The van der Waals surface area contributed by atoms with Crippen LogP contribution in [0, 0.1) is 0 Å². The Hall–Kier alpha value is -3.06. The molecule has 0 aliphatic heterocycles. The van der Waals surface area contributed by atoms with Gasteiger partial charge in [-0.1, -0.05) is 48.2 Å². The van der Waals surface area contributed by atoms with E-state index in [0.717, 1.165) is 22.2 Å². The van der Waals surface area contributed by atoms with Crippen LogP contribution in [0.4, 0.5) is 5.69 Å². The minimum atomic E-state index is -0.369. The summed E-state index contributed by atoms with van der Waals surface area (Å²) in [5.74, 6) is 0.314. The van der Waals surface area contributed by atoms with Crippen molar-refractivity contribution in [3.05, 3.63) is 60.8 Å². The van der Waals surface area contributed by atoms with Gasteiger partial charge in [0.25, 0.3) is 11.1 Å². The van der Waals surface area contributed by atoms with Gasteiger partial charge in [-0.05, 0) is 25.1 Å². The van der Waals surface area contributed by atoms with Crippen molar-refractivity contribution in [2.75, 3.05) is 5.32 Å². The maximum Gasteiger partial charge on any atom is 0.277 e. The number of aromatic amines is 1. The van der Waals surface area contributed by atoms with Crippen LogP contribution in [0.3, 0.4) is 0 Å². The fraction of sp³-hybridized carbons (Fsp3) is 0.105. The van der Waals surface area contributed by atoms with E-state index in [1.807, 2.05) is 60.8 Å². The number of benzene rings is 2. The van der Waals surface area contributed by atoms with Gasteiger partial charge in [0.1, 0.15) is 0 Å². The van der Waals surface area contributed by atoms with E-state index in [0.29, 0.717) is 11.1 Å². The molecule has 2 aromatic heterocycles. The first kappa shape index (κ1) is 16.4. The molecule has 2 N–H and O–H groups in total. The lowest BCUT2D eigenvalue weighted by Gasteiger charge is -2.09. The molecule has 0 saturated heterocycles. The van der Waals surface area contributed by atoms with Crippen molar-refractivity contribution in [3.63, 3.8) is 0 Å². The summed E-state index contributed by atoms with van der Waals surface area (Å²) >= 11 is 1.23. The fourth-order valence-corrected chi connectivity index (χ4v) is 3.27. The number of anilines is 1. The van der Waals surface area contributed by atoms with Gasteiger partial charge in [-0.2, -0.15) is 0 Å². The molecule has 0 fully saturated rings. The number of aromatic nitrogens is 3. The summed E-state index contributed by atoms with van der Waals surface area (Å²) in [4.78, 5) is 15.5. The number of nitrogens with one attached hydrogen (secondary N) is 2. The van der Waals surface area contributed by atoms with Crippen LogP contribution >= 0.6 is 11.8 Å². The largest absolute Gasteiger partial charge is 0.411 e. The predicted octanol–water partition coefficient (Wildman–Crippen LogP) is 4.34. The van der Waals surface area contributed by atoms with Gasteiger partial charge in [0.05, 0.1) is 10.8 Å². The highest BCUT2D eigenvalue weighted by Crippen LogP contribution is 2.30. The number of rotatable bonds is 5. The predicted molar refractivity (Wildman–Crippen MR) is 102 cm³/mol. The van der Waals surface area contributed by atoms with E-state index in [1.54, 1.807) is 6.92 Å². The van der Waals surface area contributed by atoms with Crippen molar-refractivity contribution in [2.24, 2.45) is 0 Å². The Morgan fingerprint density at radius 3 is 2.73 bits per heavy atom. The molecule has 4 aromatic rings. The summed E-state index contributed by atoms with van der Waals surface area (Å²) in [5.41, 5.74) is 2.61. The van der Waals surface area contributed by atoms with Crippen LogP contribution in [0.15, 0.2) is 70.4 Å². The lowest BCUT2D eigenvalue weighted by atomic mass is 10.2. The summed E-state index contributed by atoms with van der Waals surface area (Å²) in [7, 11) is 0. The second-order valence-corrected chi connectivity index (χ2v) is 7.03. The monoisotopic (exact) mass is 364 g/mol. The van der Waals surface area contributed by atoms with Crippen LogP contribution in [0.2, 0.25) is 0 Å². The number of thioether (sulfide) groups is 1. The molecule has 26 heavy (non-hydrogen) atoms. The second-order valence-electron chi connectivity index (χ2n) is 5.74. The number of para-hydroxylation sites is 2. The second kappa shape index (κ2) is 7.05. The molecule has 2 heterocycles. The number of fused-ring (bicyclic) bond motifs is 1. The van der Waals surface area contributed by atoms with E-state index in [-0.39, 0.29) is 11.2 Å². The Balaban J connectivity index is 1.47. The molecule has 1 atom stereocenters. The van der Waals surface area contributed by atoms with Gasteiger partial charge < -0.3 is 14.7 Å². The van der Waals surface area contributed by atoms with Crippen molar-refractivity contribution in [1.82, 2.24) is 15.2 Å². The Morgan fingerprint density at radius 2 is 1.88 bits per heavy atom. The maximum atomic E-state index is 12.3. The van der Waals surface area contributed by atoms with E-state index >= 15 is 0 Å². The topological polar surface area (TPSA) is 83.8 Å². The molecule has 0 radical (unpaired) electrons. The number of carbonyl (C=O) groups excluding carboxylic acids is 1. The van der Waals surface area contributed by atoms with Crippen LogP contribution in [-0.4, -0.2) is 26.3 Å². The van der Waals surface area contributed by atoms with E-state index in [1.165, 1.54) is 11.8 Å². The third kappa shape index (κ3) is 3.34. The Kier molecular flexibility index (Phi) is 4.45. The first-order valence-corrected chi connectivity index (χ1v) is 9.01. The number of hydrogen-bond acceptors (Lipinski definition) is 5. The SMILES string of the molecule is C[C@@H](Sc1nnc(-c2c[nH]c3ccccc23)o1)C(=O)Nc1ccccc1. The van der Waals surface area contributed by atoms with Crippen molar-refractivity contribution in [1.29, 1.82) is 0 Å². The summed E-state index contributed by atoms with van der Waals surface area (Å²) < 4.78 is 5.75. The molecule has 0 bridgehead atoms. The summed E-state index contributed by atoms with van der Waals surface area (Å²) in [6.45, 7) is 1.80. The quantitative estimate of drug-likeness (QED) is 0.515. The molecule has 4 rings (SSSR count). The zero-order valence-electron chi connectivity index (χ0n) is 14.0. The first-order valence-electron chi connectivity index (χ1n) is 8.13. The van der Waals surface area contributed by atoms with Gasteiger partial charge in [0.2, 0.25) is 5.91 Å². The Labute approximate surface area is 154 Å². The van der Waals surface area contributed by atoms with Crippen molar-refractivity contribution < 1.29 is 9.21 Å². The molecule has 2 aromatic carbocycles. The Bertz CT molecular complexity index is 1040. The highest BCUT2D eigenvalue weighted by Gasteiger charge is 2.19.